The average Bonchev–Trinajstić information content (AvgIpc) is 2.34. The second kappa shape index (κ2) is 7.63. The second-order valence-corrected chi connectivity index (χ2v) is 4.73. The van der Waals surface area contributed by atoms with Crippen molar-refractivity contribution in [3.63, 3.8) is 0 Å². The summed E-state index contributed by atoms with van der Waals surface area (Å²) >= 11 is 0. The smallest absolute Gasteiger partial charge is 0.233 e. The molecule has 1 rings (SSSR count). The lowest BCUT2D eigenvalue weighted by molar-refractivity contribution is -0.121. The van der Waals surface area contributed by atoms with E-state index < -0.39 is 0 Å². The number of carbonyl (C=O) groups is 1. The molecular formula is C12H25N3O2. The van der Waals surface area contributed by atoms with Gasteiger partial charge in [-0.2, -0.15) is 0 Å². The van der Waals surface area contributed by atoms with E-state index in [4.69, 9.17) is 10.6 Å². The van der Waals surface area contributed by atoms with Crippen LogP contribution < -0.4 is 11.3 Å². The van der Waals surface area contributed by atoms with Gasteiger partial charge in [0.25, 0.3) is 0 Å². The largest absolute Gasteiger partial charge is 0.376 e. The summed E-state index contributed by atoms with van der Waals surface area (Å²) in [6.45, 7) is 7.19. The van der Waals surface area contributed by atoms with Crippen LogP contribution >= 0.6 is 0 Å². The highest BCUT2D eigenvalue weighted by molar-refractivity contribution is 5.75. The van der Waals surface area contributed by atoms with Crippen LogP contribution in [-0.2, 0) is 9.53 Å². The Hall–Kier alpha value is -0.650. The molecule has 0 aromatic carbocycles. The van der Waals surface area contributed by atoms with Crippen LogP contribution in [0.25, 0.3) is 0 Å². The number of hydrazine groups is 1. The summed E-state index contributed by atoms with van der Waals surface area (Å²) in [4.78, 5) is 13.4. The van der Waals surface area contributed by atoms with E-state index in [0.29, 0.717) is 18.6 Å². The molecule has 5 nitrogen and oxygen atoms in total. The van der Waals surface area contributed by atoms with Crippen molar-refractivity contribution in [3.8, 4) is 0 Å². The maximum atomic E-state index is 11.0. The standard InChI is InChI=1S/C12H25N3O2/c1-3-11-9-17-10(2)8-15(11)7-5-4-6-12(16)14-13/h10-11H,3-9,13H2,1-2H3,(H,14,16). The Morgan fingerprint density at radius 3 is 2.94 bits per heavy atom. The molecule has 1 heterocycles. The topological polar surface area (TPSA) is 67.6 Å². The fourth-order valence-corrected chi connectivity index (χ4v) is 2.24. The zero-order chi connectivity index (χ0) is 12.7. The highest BCUT2D eigenvalue weighted by Crippen LogP contribution is 2.15. The van der Waals surface area contributed by atoms with E-state index >= 15 is 0 Å². The summed E-state index contributed by atoms with van der Waals surface area (Å²) in [5, 5.41) is 0. The fourth-order valence-electron chi connectivity index (χ4n) is 2.24. The Morgan fingerprint density at radius 2 is 2.29 bits per heavy atom. The van der Waals surface area contributed by atoms with E-state index in [-0.39, 0.29) is 5.91 Å². The van der Waals surface area contributed by atoms with Gasteiger partial charge in [-0.3, -0.25) is 15.1 Å². The Morgan fingerprint density at radius 1 is 1.53 bits per heavy atom. The first-order valence-corrected chi connectivity index (χ1v) is 6.52. The van der Waals surface area contributed by atoms with Crippen LogP contribution in [0.15, 0.2) is 0 Å². The number of unbranched alkanes of at least 4 members (excludes halogenated alkanes) is 1. The van der Waals surface area contributed by atoms with Gasteiger partial charge in [0, 0.05) is 19.0 Å². The number of amides is 1. The molecule has 1 aliphatic rings. The average molecular weight is 243 g/mol. The summed E-state index contributed by atoms with van der Waals surface area (Å²) in [7, 11) is 0. The Labute approximate surface area is 104 Å². The molecule has 100 valence electrons. The third-order valence-electron chi connectivity index (χ3n) is 3.31. The lowest BCUT2D eigenvalue weighted by Crippen LogP contribution is -2.48. The number of nitrogens with two attached hydrogens (primary N) is 1. The van der Waals surface area contributed by atoms with Crippen LogP contribution in [0.2, 0.25) is 0 Å². The number of carbonyl (C=O) groups excluding carboxylic acids is 1. The molecule has 5 heteroatoms. The fraction of sp³-hybridized carbons (Fsp3) is 0.917. The van der Waals surface area contributed by atoms with E-state index in [1.54, 1.807) is 0 Å². The van der Waals surface area contributed by atoms with Gasteiger partial charge in [0.15, 0.2) is 0 Å². The molecule has 0 radical (unpaired) electrons. The number of hydrogen-bond donors (Lipinski definition) is 2. The molecule has 1 fully saturated rings. The van der Waals surface area contributed by atoms with Crippen molar-refractivity contribution in [2.45, 2.75) is 51.7 Å². The molecule has 0 aliphatic carbocycles. The Bertz CT molecular complexity index is 236. The first kappa shape index (κ1) is 14.4. The minimum absolute atomic E-state index is 0.0765. The van der Waals surface area contributed by atoms with Crippen LogP contribution in [0.5, 0.6) is 0 Å². The third kappa shape index (κ3) is 5.02. The lowest BCUT2D eigenvalue weighted by atomic mass is 10.1. The van der Waals surface area contributed by atoms with Crippen molar-refractivity contribution in [1.29, 1.82) is 0 Å². The highest BCUT2D eigenvalue weighted by atomic mass is 16.5. The van der Waals surface area contributed by atoms with E-state index in [1.165, 1.54) is 0 Å². The van der Waals surface area contributed by atoms with Crippen LogP contribution in [0.1, 0.15) is 39.5 Å². The minimum atomic E-state index is -0.0765. The van der Waals surface area contributed by atoms with Crippen LogP contribution in [0.4, 0.5) is 0 Å². The highest BCUT2D eigenvalue weighted by Gasteiger charge is 2.24. The molecule has 0 bridgehead atoms. The van der Waals surface area contributed by atoms with Gasteiger partial charge < -0.3 is 4.74 Å². The number of hydrogen-bond acceptors (Lipinski definition) is 4. The molecule has 2 unspecified atom stereocenters. The molecule has 17 heavy (non-hydrogen) atoms. The second-order valence-electron chi connectivity index (χ2n) is 4.73. The summed E-state index contributed by atoms with van der Waals surface area (Å²) in [6, 6.07) is 0.537. The van der Waals surface area contributed by atoms with Gasteiger partial charge >= 0.3 is 0 Å². The molecule has 1 amide bonds. The van der Waals surface area contributed by atoms with Crippen molar-refractivity contribution >= 4 is 5.91 Å². The number of morpholine rings is 1. The van der Waals surface area contributed by atoms with Crippen molar-refractivity contribution in [2.75, 3.05) is 19.7 Å². The van der Waals surface area contributed by atoms with Gasteiger partial charge in [-0.15, -0.1) is 0 Å². The Kier molecular flexibility index (Phi) is 6.47. The zero-order valence-corrected chi connectivity index (χ0v) is 10.9. The van der Waals surface area contributed by atoms with Gasteiger partial charge in [-0.1, -0.05) is 6.92 Å². The van der Waals surface area contributed by atoms with Crippen LogP contribution in [-0.4, -0.2) is 42.6 Å². The number of nitrogens with one attached hydrogen (secondary N) is 1. The predicted molar refractivity (Wildman–Crippen MR) is 67.2 cm³/mol. The van der Waals surface area contributed by atoms with Gasteiger partial charge in [0.05, 0.1) is 12.7 Å². The molecular weight excluding hydrogens is 218 g/mol. The van der Waals surface area contributed by atoms with Crippen LogP contribution in [0.3, 0.4) is 0 Å². The summed E-state index contributed by atoms with van der Waals surface area (Å²) < 4.78 is 5.65. The van der Waals surface area contributed by atoms with Gasteiger partial charge in [-0.25, -0.2) is 5.84 Å². The van der Waals surface area contributed by atoms with Gasteiger partial charge in [0.2, 0.25) is 5.91 Å². The van der Waals surface area contributed by atoms with E-state index in [2.05, 4.69) is 24.2 Å². The number of ether oxygens (including phenoxy) is 1. The molecule has 0 aromatic heterocycles. The predicted octanol–water partition coefficient (Wildman–Crippen LogP) is 0.646. The maximum absolute atomic E-state index is 11.0. The van der Waals surface area contributed by atoms with E-state index in [0.717, 1.165) is 39.0 Å². The third-order valence-corrected chi connectivity index (χ3v) is 3.31. The summed E-state index contributed by atoms with van der Waals surface area (Å²) in [6.07, 6.45) is 3.90. The minimum Gasteiger partial charge on any atom is -0.376 e. The monoisotopic (exact) mass is 243 g/mol. The molecule has 0 saturated carbocycles. The molecule has 0 spiro atoms. The summed E-state index contributed by atoms with van der Waals surface area (Å²) in [5.74, 6) is 4.96. The normalized spacial score (nSPS) is 25.8. The van der Waals surface area contributed by atoms with Crippen LogP contribution in [0, 0.1) is 0 Å². The SMILES string of the molecule is CCC1COC(C)CN1CCCCC(=O)NN. The van der Waals surface area contributed by atoms with Crippen molar-refractivity contribution in [1.82, 2.24) is 10.3 Å². The van der Waals surface area contributed by atoms with Gasteiger partial charge in [0.1, 0.15) is 0 Å². The molecule has 0 aromatic rings. The molecule has 1 aliphatic heterocycles. The first-order chi connectivity index (χ1) is 8.17. The van der Waals surface area contributed by atoms with E-state index in [1.807, 2.05) is 0 Å². The number of rotatable bonds is 6. The maximum Gasteiger partial charge on any atom is 0.233 e. The molecule has 1 saturated heterocycles. The first-order valence-electron chi connectivity index (χ1n) is 6.52. The lowest BCUT2D eigenvalue weighted by Gasteiger charge is -2.38. The van der Waals surface area contributed by atoms with E-state index in [9.17, 15) is 4.79 Å². The zero-order valence-electron chi connectivity index (χ0n) is 10.9. The van der Waals surface area contributed by atoms with Crippen molar-refractivity contribution in [3.05, 3.63) is 0 Å². The molecule has 3 N–H and O–H groups in total. The molecule has 2 atom stereocenters. The number of nitrogens with zero attached hydrogens (tertiary/aromatic N) is 1. The van der Waals surface area contributed by atoms with Crippen molar-refractivity contribution in [2.24, 2.45) is 5.84 Å². The quantitative estimate of drug-likeness (QED) is 0.311. The van der Waals surface area contributed by atoms with Gasteiger partial charge in [-0.05, 0) is 32.7 Å². The van der Waals surface area contributed by atoms with Crippen molar-refractivity contribution < 1.29 is 9.53 Å². The Balaban J connectivity index is 2.21. The summed E-state index contributed by atoms with van der Waals surface area (Å²) in [5.41, 5.74) is 2.16.